The number of allylic oxidation sites excluding steroid dienone is 6. The molecule has 0 aliphatic rings. The van der Waals surface area contributed by atoms with Gasteiger partial charge in [0.15, 0.2) is 12.1 Å². The molecule has 8 heteroatoms. The fourth-order valence-corrected chi connectivity index (χ4v) is 7.37. The third kappa shape index (κ3) is 40.9. The molecular weight excluding hydrogens is 751 g/mol. The van der Waals surface area contributed by atoms with E-state index in [0.717, 1.165) is 57.8 Å². The molecule has 0 aromatic heterocycles. The first-order valence-electron chi connectivity index (χ1n) is 25.0. The van der Waals surface area contributed by atoms with E-state index in [4.69, 9.17) is 14.2 Å². The van der Waals surface area contributed by atoms with Gasteiger partial charge in [-0.25, -0.2) is 4.79 Å². The van der Waals surface area contributed by atoms with Crippen LogP contribution in [-0.2, 0) is 28.6 Å². The number of nitrogens with zero attached hydrogens (tertiary/aromatic N) is 1. The average molecular weight is 847 g/mol. The maximum Gasteiger partial charge on any atom is 0.362 e. The van der Waals surface area contributed by atoms with Crippen LogP contribution in [0.15, 0.2) is 36.5 Å². The van der Waals surface area contributed by atoms with Crippen LogP contribution in [0.1, 0.15) is 226 Å². The molecule has 0 spiro atoms. The lowest BCUT2D eigenvalue weighted by Gasteiger charge is -2.31. The van der Waals surface area contributed by atoms with Crippen LogP contribution in [0.5, 0.6) is 0 Å². The van der Waals surface area contributed by atoms with E-state index in [-0.39, 0.29) is 36.2 Å². The number of carbonyl (C=O) groups is 3. The molecule has 0 heterocycles. The number of aliphatic carboxylic acids is 1. The molecule has 0 saturated heterocycles. The molecule has 0 amide bonds. The molecule has 0 aromatic carbocycles. The number of ether oxygens (including phenoxy) is 3. The molecular formula is C52H96NO7+. The van der Waals surface area contributed by atoms with Crippen LogP contribution in [-0.4, -0.2) is 80.6 Å². The van der Waals surface area contributed by atoms with E-state index in [1.165, 1.54) is 135 Å². The first kappa shape index (κ1) is 57.5. The maximum atomic E-state index is 12.8. The number of hydrogen-bond donors (Lipinski definition) is 1. The minimum atomic E-state index is -0.876. The van der Waals surface area contributed by atoms with Crippen LogP contribution in [0.2, 0.25) is 0 Å². The molecule has 2 atom stereocenters. The summed E-state index contributed by atoms with van der Waals surface area (Å²) in [5.74, 6) is -1.48. The number of rotatable bonds is 45. The molecule has 1 N–H and O–H groups in total. The lowest BCUT2D eigenvalue weighted by molar-refractivity contribution is -0.887. The zero-order valence-electron chi connectivity index (χ0n) is 39.9. The summed E-state index contributed by atoms with van der Waals surface area (Å²) in [7, 11) is 5.53. The van der Waals surface area contributed by atoms with E-state index in [0.29, 0.717) is 19.3 Å². The highest BCUT2D eigenvalue weighted by atomic mass is 16.6. The smallest absolute Gasteiger partial charge is 0.362 e. The number of quaternary nitrogens is 1. The number of hydrogen-bond acceptors (Lipinski definition) is 6. The lowest BCUT2D eigenvalue weighted by atomic mass is 10.1. The van der Waals surface area contributed by atoms with E-state index in [1.807, 2.05) is 21.1 Å². The lowest BCUT2D eigenvalue weighted by Crippen LogP contribution is -2.50. The second kappa shape index (κ2) is 43.2. The number of carboxylic acid groups (broad SMARTS) is 1. The number of unbranched alkanes of at least 4 members (excludes halogenated alkanes) is 26. The number of carbonyl (C=O) groups excluding carboxylic acids is 2. The normalized spacial score (nSPS) is 13.2. The van der Waals surface area contributed by atoms with Crippen molar-refractivity contribution in [3.05, 3.63) is 36.5 Å². The van der Waals surface area contributed by atoms with E-state index in [9.17, 15) is 19.5 Å². The highest BCUT2D eigenvalue weighted by Crippen LogP contribution is 2.15. The van der Waals surface area contributed by atoms with Gasteiger partial charge in [0.1, 0.15) is 6.61 Å². The maximum absolute atomic E-state index is 12.8. The summed E-state index contributed by atoms with van der Waals surface area (Å²) in [6, 6.07) is -0.617. The Kier molecular flexibility index (Phi) is 41.4. The Morgan fingerprint density at radius 2 is 0.883 bits per heavy atom. The number of likely N-dealkylation sites (N-methyl/N-ethyl adjacent to an activating group) is 1. The van der Waals surface area contributed by atoms with Gasteiger partial charge in [0.2, 0.25) is 0 Å². The van der Waals surface area contributed by atoms with Crippen molar-refractivity contribution in [3.63, 3.8) is 0 Å². The first-order valence-corrected chi connectivity index (χ1v) is 25.0. The standard InChI is InChI=1S/C52H95NO7/c1-6-8-10-12-14-16-18-20-22-23-24-25-26-27-29-30-32-34-36-38-40-42-50(54)59-47-48(46-58-45-44-49(52(56)57)53(3,4)5)60-51(55)43-41-39-37-35-33-31-28-21-19-17-15-13-11-9-7-2/h15,17,19,21,25-26,48-49H,6-14,16,18,20,22-24,27-47H2,1-5H3/p+1/b17-15+,21-19+,26-25+. The Balaban J connectivity index is 4.25. The highest BCUT2D eigenvalue weighted by Gasteiger charge is 2.31. The summed E-state index contributed by atoms with van der Waals surface area (Å²) >= 11 is 0. The van der Waals surface area contributed by atoms with Crippen molar-refractivity contribution in [3.8, 4) is 0 Å². The van der Waals surface area contributed by atoms with Gasteiger partial charge in [-0.2, -0.15) is 0 Å². The Morgan fingerprint density at radius 1 is 0.500 bits per heavy atom. The number of carboxylic acids is 1. The van der Waals surface area contributed by atoms with Gasteiger partial charge >= 0.3 is 17.9 Å². The molecule has 0 aliphatic carbocycles. The molecule has 2 unspecified atom stereocenters. The molecule has 8 nitrogen and oxygen atoms in total. The Labute approximate surface area is 370 Å². The van der Waals surface area contributed by atoms with Gasteiger partial charge in [0.25, 0.3) is 0 Å². The zero-order valence-corrected chi connectivity index (χ0v) is 39.9. The third-order valence-corrected chi connectivity index (χ3v) is 11.3. The van der Waals surface area contributed by atoms with E-state index in [2.05, 4.69) is 50.3 Å². The van der Waals surface area contributed by atoms with E-state index in [1.54, 1.807) is 0 Å². The fraction of sp³-hybridized carbons (Fsp3) is 0.827. The molecule has 0 fully saturated rings. The summed E-state index contributed by atoms with van der Waals surface area (Å²) in [5.41, 5.74) is 0. The van der Waals surface area contributed by atoms with Crippen molar-refractivity contribution in [2.24, 2.45) is 0 Å². The van der Waals surface area contributed by atoms with Gasteiger partial charge < -0.3 is 23.8 Å². The van der Waals surface area contributed by atoms with Gasteiger partial charge in [-0.1, -0.05) is 179 Å². The van der Waals surface area contributed by atoms with Crippen LogP contribution < -0.4 is 0 Å². The van der Waals surface area contributed by atoms with Crippen molar-refractivity contribution in [2.75, 3.05) is 41.0 Å². The fourth-order valence-electron chi connectivity index (χ4n) is 7.37. The van der Waals surface area contributed by atoms with Gasteiger partial charge in [0.05, 0.1) is 34.4 Å². The Bertz CT molecular complexity index is 1080. The molecule has 60 heavy (non-hydrogen) atoms. The van der Waals surface area contributed by atoms with E-state index < -0.39 is 18.1 Å². The monoisotopic (exact) mass is 847 g/mol. The van der Waals surface area contributed by atoms with Gasteiger partial charge in [-0.05, 0) is 64.2 Å². The van der Waals surface area contributed by atoms with Crippen molar-refractivity contribution < 1.29 is 38.2 Å². The highest BCUT2D eigenvalue weighted by molar-refractivity contribution is 5.72. The van der Waals surface area contributed by atoms with Crippen molar-refractivity contribution in [1.82, 2.24) is 0 Å². The minimum Gasteiger partial charge on any atom is -0.477 e. The molecule has 350 valence electrons. The van der Waals surface area contributed by atoms with Gasteiger partial charge in [-0.15, -0.1) is 0 Å². The van der Waals surface area contributed by atoms with Gasteiger partial charge in [-0.3, -0.25) is 9.59 Å². The Morgan fingerprint density at radius 3 is 1.33 bits per heavy atom. The van der Waals surface area contributed by atoms with Crippen LogP contribution in [0.3, 0.4) is 0 Å². The summed E-state index contributed by atoms with van der Waals surface area (Å²) in [5, 5.41) is 9.64. The summed E-state index contributed by atoms with van der Waals surface area (Å²) in [6.07, 6.45) is 50.5. The summed E-state index contributed by atoms with van der Waals surface area (Å²) < 4.78 is 17.3. The summed E-state index contributed by atoms with van der Waals surface area (Å²) in [6.45, 7) is 4.71. The van der Waals surface area contributed by atoms with Crippen LogP contribution >= 0.6 is 0 Å². The topological polar surface area (TPSA) is 99.1 Å². The molecule has 0 radical (unpaired) electrons. The number of esters is 2. The third-order valence-electron chi connectivity index (χ3n) is 11.3. The predicted octanol–water partition coefficient (Wildman–Crippen LogP) is 14.2. The zero-order chi connectivity index (χ0) is 44.2. The SMILES string of the molecule is CCCCC/C=C/C=C/CCCCCCCCC(=O)OC(COCCC(C(=O)O)[N+](C)(C)C)COC(=O)CCCCCCCCC/C=C/CCCCCCCCCCCC. The van der Waals surface area contributed by atoms with Gasteiger partial charge in [0, 0.05) is 19.3 Å². The second-order valence-corrected chi connectivity index (χ2v) is 18.1. The van der Waals surface area contributed by atoms with Crippen LogP contribution in [0, 0.1) is 0 Å². The van der Waals surface area contributed by atoms with Crippen molar-refractivity contribution in [2.45, 2.75) is 238 Å². The van der Waals surface area contributed by atoms with E-state index >= 15 is 0 Å². The van der Waals surface area contributed by atoms with Crippen LogP contribution in [0.25, 0.3) is 0 Å². The average Bonchev–Trinajstić information content (AvgIpc) is 3.21. The molecule has 0 aromatic rings. The van der Waals surface area contributed by atoms with Crippen molar-refractivity contribution in [1.29, 1.82) is 0 Å². The second-order valence-electron chi connectivity index (χ2n) is 18.1. The minimum absolute atomic E-state index is 0.0563. The van der Waals surface area contributed by atoms with Crippen LogP contribution in [0.4, 0.5) is 0 Å². The molecule has 0 bridgehead atoms. The largest absolute Gasteiger partial charge is 0.477 e. The quantitative estimate of drug-likeness (QED) is 0.0214. The summed E-state index contributed by atoms with van der Waals surface area (Å²) in [4.78, 5) is 37.1. The molecule has 0 saturated carbocycles. The first-order chi connectivity index (χ1) is 29.1. The van der Waals surface area contributed by atoms with Crippen molar-refractivity contribution >= 4 is 17.9 Å². The Hall–Kier alpha value is -2.45. The molecule has 0 aliphatic heterocycles. The predicted molar refractivity (Wildman–Crippen MR) is 252 cm³/mol. The molecule has 0 rings (SSSR count).